The lowest BCUT2D eigenvalue weighted by atomic mass is 10.2. The Labute approximate surface area is 88.1 Å². The van der Waals surface area contributed by atoms with Crippen molar-refractivity contribution in [2.45, 2.75) is 13.2 Å². The van der Waals surface area contributed by atoms with Crippen LogP contribution in [0.4, 0.5) is 0 Å². The molecular weight excluding hydrogens is 192 g/mol. The third-order valence-corrected chi connectivity index (χ3v) is 2.33. The van der Waals surface area contributed by atoms with Crippen LogP contribution in [0.2, 0.25) is 0 Å². The van der Waals surface area contributed by atoms with Gasteiger partial charge in [-0.05, 0) is 11.6 Å². The van der Waals surface area contributed by atoms with Crippen LogP contribution in [0.5, 0.6) is 0 Å². The van der Waals surface area contributed by atoms with E-state index in [-0.39, 0.29) is 6.61 Å². The quantitative estimate of drug-likeness (QED) is 0.817. The number of fused-ring (bicyclic) bond motifs is 1. The minimum atomic E-state index is 0.0564. The van der Waals surface area contributed by atoms with Gasteiger partial charge in [0.2, 0.25) is 0 Å². The number of hydrogen-bond acceptors (Lipinski definition) is 3. The summed E-state index contributed by atoms with van der Waals surface area (Å²) in [6.07, 6.45) is 1.98. The molecule has 0 aliphatic rings. The predicted molar refractivity (Wildman–Crippen MR) is 57.5 cm³/mol. The van der Waals surface area contributed by atoms with Crippen LogP contribution in [-0.4, -0.2) is 28.6 Å². The van der Waals surface area contributed by atoms with Gasteiger partial charge in [0.1, 0.15) is 0 Å². The number of benzene rings is 1. The Kier molecular flexibility index (Phi) is 2.99. The fraction of sp³-hybridized carbons (Fsp3) is 0.364. The molecule has 0 unspecified atom stereocenters. The fourth-order valence-corrected chi connectivity index (χ4v) is 1.51. The number of ether oxygens (including phenoxy) is 1. The van der Waals surface area contributed by atoms with Gasteiger partial charge in [-0.1, -0.05) is 12.1 Å². The van der Waals surface area contributed by atoms with Crippen molar-refractivity contribution in [1.29, 1.82) is 0 Å². The second kappa shape index (κ2) is 4.42. The van der Waals surface area contributed by atoms with Crippen LogP contribution >= 0.6 is 0 Å². The molecule has 2 rings (SSSR count). The Morgan fingerprint density at radius 1 is 1.47 bits per heavy atom. The third kappa shape index (κ3) is 2.16. The van der Waals surface area contributed by atoms with Crippen molar-refractivity contribution in [2.24, 2.45) is 0 Å². The molecule has 0 amide bonds. The predicted octanol–water partition coefficient (Wildman–Crippen LogP) is 1.18. The number of methoxy groups -OCH3 is 1. The highest BCUT2D eigenvalue weighted by atomic mass is 16.5. The van der Waals surface area contributed by atoms with Gasteiger partial charge in [-0.2, -0.15) is 5.10 Å². The number of aliphatic hydroxyl groups is 1. The topological polar surface area (TPSA) is 47.3 Å². The minimum absolute atomic E-state index is 0.0564. The van der Waals surface area contributed by atoms with Crippen LogP contribution in [0.1, 0.15) is 5.56 Å². The van der Waals surface area contributed by atoms with E-state index in [0.717, 1.165) is 23.0 Å². The van der Waals surface area contributed by atoms with E-state index >= 15 is 0 Å². The molecule has 1 heterocycles. The summed E-state index contributed by atoms with van der Waals surface area (Å²) in [4.78, 5) is 0. The van der Waals surface area contributed by atoms with Crippen LogP contribution in [0, 0.1) is 0 Å². The Morgan fingerprint density at radius 3 is 3.07 bits per heavy atom. The molecule has 1 aromatic carbocycles. The second-order valence-electron chi connectivity index (χ2n) is 3.44. The molecule has 0 aliphatic carbocycles. The highest BCUT2D eigenvalue weighted by Crippen LogP contribution is 2.14. The summed E-state index contributed by atoms with van der Waals surface area (Å²) in [5.41, 5.74) is 1.80. The summed E-state index contributed by atoms with van der Waals surface area (Å²) in [6, 6.07) is 5.78. The van der Waals surface area contributed by atoms with Gasteiger partial charge in [-0.25, -0.2) is 0 Å². The van der Waals surface area contributed by atoms with E-state index in [1.165, 1.54) is 0 Å². The lowest BCUT2D eigenvalue weighted by Crippen LogP contribution is -2.03. The zero-order valence-corrected chi connectivity index (χ0v) is 8.68. The van der Waals surface area contributed by atoms with Crippen LogP contribution in [-0.2, 0) is 17.9 Å². The zero-order valence-electron chi connectivity index (χ0n) is 8.68. The first-order valence-electron chi connectivity index (χ1n) is 4.89. The Hall–Kier alpha value is -1.39. The van der Waals surface area contributed by atoms with E-state index in [1.54, 1.807) is 7.11 Å². The first-order chi connectivity index (χ1) is 7.33. The Morgan fingerprint density at radius 2 is 2.33 bits per heavy atom. The minimum Gasteiger partial charge on any atom is -0.392 e. The van der Waals surface area contributed by atoms with Crippen molar-refractivity contribution in [1.82, 2.24) is 9.78 Å². The molecule has 0 bridgehead atoms. The van der Waals surface area contributed by atoms with Gasteiger partial charge in [0.25, 0.3) is 0 Å². The van der Waals surface area contributed by atoms with E-state index in [9.17, 15) is 0 Å². The molecule has 4 heteroatoms. The normalized spacial score (nSPS) is 11.1. The van der Waals surface area contributed by atoms with E-state index < -0.39 is 0 Å². The molecule has 0 fully saturated rings. The summed E-state index contributed by atoms with van der Waals surface area (Å²) < 4.78 is 6.84. The summed E-state index contributed by atoms with van der Waals surface area (Å²) in [7, 11) is 1.67. The van der Waals surface area contributed by atoms with Gasteiger partial charge in [-0.3, -0.25) is 4.68 Å². The number of hydrogen-bond donors (Lipinski definition) is 1. The molecule has 4 nitrogen and oxygen atoms in total. The molecule has 80 valence electrons. The van der Waals surface area contributed by atoms with Crippen LogP contribution in [0.3, 0.4) is 0 Å². The van der Waals surface area contributed by atoms with Crippen molar-refractivity contribution in [3.63, 3.8) is 0 Å². The maximum absolute atomic E-state index is 8.99. The van der Waals surface area contributed by atoms with E-state index in [1.807, 2.05) is 29.1 Å². The van der Waals surface area contributed by atoms with Gasteiger partial charge in [-0.15, -0.1) is 0 Å². The molecule has 0 atom stereocenters. The molecular formula is C11H14N2O2. The zero-order chi connectivity index (χ0) is 10.7. The highest BCUT2D eigenvalue weighted by Gasteiger charge is 2.01. The van der Waals surface area contributed by atoms with Crippen molar-refractivity contribution in [3.8, 4) is 0 Å². The Bertz CT molecular complexity index is 451. The van der Waals surface area contributed by atoms with Crippen molar-refractivity contribution in [3.05, 3.63) is 30.0 Å². The molecule has 0 saturated heterocycles. The summed E-state index contributed by atoms with van der Waals surface area (Å²) in [5, 5.41) is 14.5. The summed E-state index contributed by atoms with van der Waals surface area (Å²) >= 11 is 0. The number of aromatic nitrogens is 2. The number of aliphatic hydroxyl groups excluding tert-OH is 1. The highest BCUT2D eigenvalue weighted by molar-refractivity contribution is 5.78. The van der Waals surface area contributed by atoms with Gasteiger partial charge in [0.05, 0.1) is 25.3 Å². The lowest BCUT2D eigenvalue weighted by molar-refractivity contribution is 0.184. The summed E-state index contributed by atoms with van der Waals surface area (Å²) in [6.45, 7) is 1.46. The van der Waals surface area contributed by atoms with Crippen molar-refractivity contribution >= 4 is 10.9 Å². The molecule has 1 N–H and O–H groups in total. The van der Waals surface area contributed by atoms with E-state index in [2.05, 4.69) is 5.10 Å². The van der Waals surface area contributed by atoms with Crippen molar-refractivity contribution < 1.29 is 9.84 Å². The van der Waals surface area contributed by atoms with Crippen LogP contribution in [0.25, 0.3) is 10.9 Å². The van der Waals surface area contributed by atoms with Gasteiger partial charge in [0.15, 0.2) is 0 Å². The summed E-state index contributed by atoms with van der Waals surface area (Å²) in [5.74, 6) is 0. The molecule has 2 aromatic rings. The van der Waals surface area contributed by atoms with E-state index in [4.69, 9.17) is 9.84 Å². The van der Waals surface area contributed by atoms with Crippen LogP contribution in [0.15, 0.2) is 24.4 Å². The SMILES string of the molecule is COCCn1cc2ccc(CO)cc2n1. The average Bonchev–Trinajstić information content (AvgIpc) is 2.67. The standard InChI is InChI=1S/C11H14N2O2/c1-15-5-4-13-7-10-3-2-9(8-14)6-11(10)12-13/h2-3,6-7,14H,4-5,8H2,1H3. The van der Waals surface area contributed by atoms with Crippen molar-refractivity contribution in [2.75, 3.05) is 13.7 Å². The maximum atomic E-state index is 8.99. The number of rotatable bonds is 4. The monoisotopic (exact) mass is 206 g/mol. The molecule has 1 aromatic heterocycles. The lowest BCUT2D eigenvalue weighted by Gasteiger charge is -1.97. The molecule has 0 saturated carbocycles. The fourth-order valence-electron chi connectivity index (χ4n) is 1.51. The van der Waals surface area contributed by atoms with Gasteiger partial charge < -0.3 is 9.84 Å². The van der Waals surface area contributed by atoms with Gasteiger partial charge >= 0.3 is 0 Å². The average molecular weight is 206 g/mol. The van der Waals surface area contributed by atoms with Crippen LogP contribution < -0.4 is 0 Å². The smallest absolute Gasteiger partial charge is 0.0926 e. The largest absolute Gasteiger partial charge is 0.392 e. The second-order valence-corrected chi connectivity index (χ2v) is 3.44. The third-order valence-electron chi connectivity index (χ3n) is 2.33. The molecule has 0 aliphatic heterocycles. The first-order valence-corrected chi connectivity index (χ1v) is 4.89. The molecule has 0 spiro atoms. The van der Waals surface area contributed by atoms with Gasteiger partial charge in [0, 0.05) is 18.7 Å². The first kappa shape index (κ1) is 10.1. The maximum Gasteiger partial charge on any atom is 0.0926 e. The Balaban J connectivity index is 2.29. The number of nitrogens with zero attached hydrogens (tertiary/aromatic N) is 2. The molecule has 0 radical (unpaired) electrons. The van der Waals surface area contributed by atoms with E-state index in [0.29, 0.717) is 6.61 Å². The molecule has 15 heavy (non-hydrogen) atoms.